The van der Waals surface area contributed by atoms with Gasteiger partial charge >= 0.3 is 7.82 Å². The van der Waals surface area contributed by atoms with Gasteiger partial charge in [0.05, 0.1) is 6.10 Å². The molecule has 0 saturated heterocycles. The molecule has 0 aromatic heterocycles. The fourth-order valence-corrected chi connectivity index (χ4v) is 3.67. The standard InChI is InChI=1S/C20H43O5P/c1-3-5-7-9-10-11-13-15-18-24-19-17-20(25-26(21,22)23)16-14-12-8-6-4-2/h20H,3-19H2,1-2H3,(H2,21,22,23). The van der Waals surface area contributed by atoms with Crippen LogP contribution in [-0.4, -0.2) is 29.1 Å². The first kappa shape index (κ1) is 26.1. The van der Waals surface area contributed by atoms with Gasteiger partial charge in [-0.3, -0.25) is 4.52 Å². The van der Waals surface area contributed by atoms with E-state index in [2.05, 4.69) is 13.8 Å². The number of unbranched alkanes of at least 4 members (excludes halogenated alkanes) is 11. The lowest BCUT2D eigenvalue weighted by atomic mass is 10.1. The predicted octanol–water partition coefficient (Wildman–Crippen LogP) is 6.37. The van der Waals surface area contributed by atoms with Crippen molar-refractivity contribution in [1.82, 2.24) is 0 Å². The van der Waals surface area contributed by atoms with E-state index in [1.54, 1.807) is 0 Å². The van der Waals surface area contributed by atoms with Crippen LogP contribution in [0.5, 0.6) is 0 Å². The summed E-state index contributed by atoms with van der Waals surface area (Å²) >= 11 is 0. The van der Waals surface area contributed by atoms with Gasteiger partial charge in [0, 0.05) is 13.2 Å². The SMILES string of the molecule is CCCCCCCCCCOCCC(CCCCCCC)OP(=O)(O)O. The van der Waals surface area contributed by atoms with Crippen molar-refractivity contribution in [3.8, 4) is 0 Å². The van der Waals surface area contributed by atoms with E-state index in [-0.39, 0.29) is 0 Å². The highest BCUT2D eigenvalue weighted by Gasteiger charge is 2.21. The van der Waals surface area contributed by atoms with Gasteiger partial charge in [0.1, 0.15) is 0 Å². The molecule has 0 spiro atoms. The molecular weight excluding hydrogens is 351 g/mol. The number of phosphoric ester groups is 1. The molecule has 26 heavy (non-hydrogen) atoms. The maximum Gasteiger partial charge on any atom is 0.469 e. The van der Waals surface area contributed by atoms with Gasteiger partial charge in [-0.2, -0.15) is 0 Å². The third kappa shape index (κ3) is 20.4. The van der Waals surface area contributed by atoms with Crippen LogP contribution in [-0.2, 0) is 13.8 Å². The number of rotatable bonds is 20. The van der Waals surface area contributed by atoms with Crippen molar-refractivity contribution in [2.45, 2.75) is 116 Å². The minimum Gasteiger partial charge on any atom is -0.381 e. The molecule has 0 heterocycles. The zero-order chi connectivity index (χ0) is 19.5. The Morgan fingerprint density at radius 1 is 0.692 bits per heavy atom. The van der Waals surface area contributed by atoms with Gasteiger partial charge in [0.2, 0.25) is 0 Å². The second kappa shape index (κ2) is 18.4. The Bertz CT molecular complexity index is 332. The van der Waals surface area contributed by atoms with Gasteiger partial charge in [-0.25, -0.2) is 4.57 Å². The van der Waals surface area contributed by atoms with E-state index < -0.39 is 13.9 Å². The molecule has 6 heteroatoms. The van der Waals surface area contributed by atoms with E-state index >= 15 is 0 Å². The molecule has 0 aromatic rings. The van der Waals surface area contributed by atoms with Crippen molar-refractivity contribution >= 4 is 7.82 Å². The second-order valence-electron chi connectivity index (χ2n) is 7.30. The van der Waals surface area contributed by atoms with E-state index in [1.807, 2.05) is 0 Å². The molecule has 0 rings (SSSR count). The van der Waals surface area contributed by atoms with Crippen molar-refractivity contribution in [2.75, 3.05) is 13.2 Å². The Hall–Kier alpha value is 0.0700. The van der Waals surface area contributed by atoms with Gasteiger partial charge in [0.25, 0.3) is 0 Å². The minimum absolute atomic E-state index is 0.406. The van der Waals surface area contributed by atoms with Gasteiger partial charge in [-0.15, -0.1) is 0 Å². The number of hydrogen-bond donors (Lipinski definition) is 2. The van der Waals surface area contributed by atoms with Crippen molar-refractivity contribution < 1.29 is 23.6 Å². The molecule has 2 N–H and O–H groups in total. The van der Waals surface area contributed by atoms with Gasteiger partial charge in [-0.05, 0) is 19.3 Å². The zero-order valence-electron chi connectivity index (χ0n) is 17.2. The Labute approximate surface area is 161 Å². The molecular formula is C20H43O5P. The highest BCUT2D eigenvalue weighted by molar-refractivity contribution is 7.46. The summed E-state index contributed by atoms with van der Waals surface area (Å²) in [4.78, 5) is 18.1. The smallest absolute Gasteiger partial charge is 0.381 e. The average Bonchev–Trinajstić information content (AvgIpc) is 2.58. The Kier molecular flexibility index (Phi) is 18.5. The first-order valence-electron chi connectivity index (χ1n) is 10.8. The third-order valence-corrected chi connectivity index (χ3v) is 5.22. The van der Waals surface area contributed by atoms with Crippen LogP contribution in [0, 0.1) is 0 Å². The molecule has 1 unspecified atom stereocenters. The van der Waals surface area contributed by atoms with E-state index in [1.165, 1.54) is 64.2 Å². The van der Waals surface area contributed by atoms with Gasteiger partial charge < -0.3 is 14.5 Å². The lowest BCUT2D eigenvalue weighted by Crippen LogP contribution is -2.15. The molecule has 5 nitrogen and oxygen atoms in total. The quantitative estimate of drug-likeness (QED) is 0.185. The first-order chi connectivity index (χ1) is 12.5. The van der Waals surface area contributed by atoms with Crippen molar-refractivity contribution in [2.24, 2.45) is 0 Å². The lowest BCUT2D eigenvalue weighted by Gasteiger charge is -2.18. The van der Waals surface area contributed by atoms with Crippen LogP contribution >= 0.6 is 7.82 Å². The normalized spacial score (nSPS) is 13.2. The fraction of sp³-hybridized carbons (Fsp3) is 1.00. The van der Waals surface area contributed by atoms with Gasteiger partial charge in [-0.1, -0.05) is 90.9 Å². The van der Waals surface area contributed by atoms with E-state index in [0.29, 0.717) is 19.4 Å². The Morgan fingerprint density at radius 2 is 1.19 bits per heavy atom. The molecule has 0 bridgehead atoms. The summed E-state index contributed by atoms with van der Waals surface area (Å²) in [5.41, 5.74) is 0. The van der Waals surface area contributed by atoms with E-state index in [0.717, 1.165) is 25.9 Å². The molecule has 0 radical (unpaired) electrons. The van der Waals surface area contributed by atoms with Crippen molar-refractivity contribution in [1.29, 1.82) is 0 Å². The summed E-state index contributed by atoms with van der Waals surface area (Å²) < 4.78 is 21.7. The molecule has 158 valence electrons. The maximum absolute atomic E-state index is 11.1. The number of phosphoric acid groups is 1. The molecule has 0 fully saturated rings. The summed E-state index contributed by atoms with van der Waals surface area (Å²) in [6.07, 6.45) is 16.6. The molecule has 0 amide bonds. The van der Waals surface area contributed by atoms with Crippen LogP contribution < -0.4 is 0 Å². The molecule has 0 saturated carbocycles. The van der Waals surface area contributed by atoms with Crippen LogP contribution in [0.4, 0.5) is 0 Å². The second-order valence-corrected chi connectivity index (χ2v) is 8.49. The van der Waals surface area contributed by atoms with Gasteiger partial charge in [0.15, 0.2) is 0 Å². The van der Waals surface area contributed by atoms with Crippen LogP contribution in [0.15, 0.2) is 0 Å². The topological polar surface area (TPSA) is 76.0 Å². The fourth-order valence-electron chi connectivity index (χ4n) is 3.07. The molecule has 0 aromatic carbocycles. The Morgan fingerprint density at radius 3 is 1.73 bits per heavy atom. The van der Waals surface area contributed by atoms with E-state index in [9.17, 15) is 4.57 Å². The predicted molar refractivity (Wildman–Crippen MR) is 108 cm³/mol. The largest absolute Gasteiger partial charge is 0.469 e. The summed E-state index contributed by atoms with van der Waals surface area (Å²) in [7, 11) is -4.42. The highest BCUT2D eigenvalue weighted by Crippen LogP contribution is 2.39. The van der Waals surface area contributed by atoms with Crippen LogP contribution in [0.2, 0.25) is 0 Å². The highest BCUT2D eigenvalue weighted by atomic mass is 31.2. The van der Waals surface area contributed by atoms with Crippen LogP contribution in [0.25, 0.3) is 0 Å². The third-order valence-electron chi connectivity index (χ3n) is 4.64. The molecule has 1 atom stereocenters. The van der Waals surface area contributed by atoms with Crippen LogP contribution in [0.1, 0.15) is 110 Å². The summed E-state index contributed by atoms with van der Waals surface area (Å²) in [5.74, 6) is 0. The molecule has 0 aliphatic carbocycles. The van der Waals surface area contributed by atoms with Crippen molar-refractivity contribution in [3.63, 3.8) is 0 Å². The summed E-state index contributed by atoms with van der Waals surface area (Å²) in [6.45, 7) is 5.65. The molecule has 0 aliphatic heterocycles. The van der Waals surface area contributed by atoms with E-state index in [4.69, 9.17) is 19.0 Å². The monoisotopic (exact) mass is 394 g/mol. The van der Waals surface area contributed by atoms with Crippen LogP contribution in [0.3, 0.4) is 0 Å². The maximum atomic E-state index is 11.1. The molecule has 0 aliphatic rings. The summed E-state index contributed by atoms with van der Waals surface area (Å²) in [5, 5.41) is 0. The number of ether oxygens (including phenoxy) is 1. The lowest BCUT2D eigenvalue weighted by molar-refractivity contribution is 0.0682. The van der Waals surface area contributed by atoms with Crippen molar-refractivity contribution in [3.05, 3.63) is 0 Å². The number of hydrogen-bond acceptors (Lipinski definition) is 3. The summed E-state index contributed by atoms with van der Waals surface area (Å²) in [6, 6.07) is 0. The zero-order valence-corrected chi connectivity index (χ0v) is 18.1. The Balaban J connectivity index is 3.67. The average molecular weight is 395 g/mol. The minimum atomic E-state index is -4.42. The first-order valence-corrected chi connectivity index (χ1v) is 12.3.